The minimum absolute atomic E-state index is 0.00610. The van der Waals surface area contributed by atoms with Gasteiger partial charge in [0.1, 0.15) is 12.1 Å². The van der Waals surface area contributed by atoms with E-state index < -0.39 is 0 Å². The molecule has 30 heavy (non-hydrogen) atoms. The van der Waals surface area contributed by atoms with Gasteiger partial charge in [-0.05, 0) is 68.7 Å². The maximum absolute atomic E-state index is 12.3. The monoisotopic (exact) mass is 410 g/mol. The molecule has 3 aliphatic carbocycles. The van der Waals surface area contributed by atoms with Crippen molar-refractivity contribution in [3.8, 4) is 23.5 Å². The molecule has 1 amide bonds. The number of hydrogen-bond donors (Lipinski definition) is 1. The molecule has 0 aromatic carbocycles. The van der Waals surface area contributed by atoms with Crippen LogP contribution in [0.3, 0.4) is 0 Å². The number of rotatable bonds is 2. The summed E-state index contributed by atoms with van der Waals surface area (Å²) in [5.74, 6) is 2.63. The number of nitrogens with zero attached hydrogens (tertiary/aromatic N) is 1. The van der Waals surface area contributed by atoms with Gasteiger partial charge in [-0.15, -0.1) is 6.42 Å². The number of methoxy groups -OCH3 is 1. The third-order valence-electron chi connectivity index (χ3n) is 6.88. The van der Waals surface area contributed by atoms with Gasteiger partial charge in [-0.25, -0.2) is 4.79 Å². The second kappa shape index (κ2) is 8.69. The highest BCUT2D eigenvalue weighted by Gasteiger charge is 2.49. The van der Waals surface area contributed by atoms with Gasteiger partial charge in [0.15, 0.2) is 0 Å². The number of amides is 1. The summed E-state index contributed by atoms with van der Waals surface area (Å²) in [7, 11) is 1.37. The van der Waals surface area contributed by atoms with Gasteiger partial charge in [-0.2, -0.15) is 0 Å². The zero-order chi connectivity index (χ0) is 21.3. The Bertz CT molecular complexity index is 855. The van der Waals surface area contributed by atoms with Gasteiger partial charge in [-0.3, -0.25) is 9.69 Å². The molecule has 3 fully saturated rings. The lowest BCUT2D eigenvalue weighted by molar-refractivity contribution is -0.156. The first-order valence-corrected chi connectivity index (χ1v) is 10.9. The molecule has 5 rings (SSSR count). The third-order valence-corrected chi connectivity index (χ3v) is 6.88. The molecular formula is C24H30N2O4. The molecule has 5 atom stereocenters. The molecule has 0 bridgehead atoms. The summed E-state index contributed by atoms with van der Waals surface area (Å²) in [6, 6.07) is 6.05. The highest BCUT2D eigenvalue weighted by Crippen LogP contribution is 2.41. The number of fused-ring (bicyclic) bond motifs is 2. The third kappa shape index (κ3) is 3.79. The van der Waals surface area contributed by atoms with Gasteiger partial charge in [0.2, 0.25) is 0 Å². The Hall–Kier alpha value is -2.52. The quantitative estimate of drug-likeness (QED) is 0.608. The van der Waals surface area contributed by atoms with Crippen molar-refractivity contribution in [2.24, 2.45) is 5.92 Å². The number of likely N-dealkylation sites (tertiary alicyclic amines) is 1. The van der Waals surface area contributed by atoms with Gasteiger partial charge in [-0.1, -0.05) is 24.1 Å². The molecule has 1 saturated carbocycles. The number of carbonyl (C=O) groups excluding carboxylic acids is 2. The highest BCUT2D eigenvalue weighted by atomic mass is 16.6. The molecule has 5 aliphatic rings. The zero-order valence-electron chi connectivity index (χ0n) is 17.7. The topological polar surface area (TPSA) is 67.9 Å². The Morgan fingerprint density at radius 2 is 2.07 bits per heavy atom. The van der Waals surface area contributed by atoms with Gasteiger partial charge >= 0.3 is 12.1 Å². The maximum Gasteiger partial charge on any atom is 0.410 e. The van der Waals surface area contributed by atoms with Crippen molar-refractivity contribution in [2.75, 3.05) is 13.7 Å². The van der Waals surface area contributed by atoms with Crippen molar-refractivity contribution in [3.63, 3.8) is 0 Å². The molecule has 0 spiro atoms. The first kappa shape index (κ1) is 20.7. The lowest BCUT2D eigenvalue weighted by Crippen LogP contribution is -2.47. The van der Waals surface area contributed by atoms with Crippen LogP contribution in [0.15, 0.2) is 18.2 Å². The van der Waals surface area contributed by atoms with Crippen LogP contribution in [-0.2, 0) is 14.3 Å². The molecular weight excluding hydrogens is 380 g/mol. The Labute approximate surface area is 178 Å². The Morgan fingerprint density at radius 3 is 2.57 bits per heavy atom. The molecule has 6 heteroatoms. The zero-order valence-corrected chi connectivity index (χ0v) is 17.7. The van der Waals surface area contributed by atoms with E-state index in [4.69, 9.17) is 15.9 Å². The fraction of sp³-hybridized carbons (Fsp3) is 0.583. The molecule has 1 N–H and O–H groups in total. The van der Waals surface area contributed by atoms with Crippen LogP contribution in [0.1, 0.15) is 44.1 Å². The summed E-state index contributed by atoms with van der Waals surface area (Å²) in [5, 5.41) is 3.17. The van der Waals surface area contributed by atoms with Crippen LogP contribution in [0.4, 0.5) is 4.79 Å². The number of aryl methyl sites for hydroxylation is 1. The van der Waals surface area contributed by atoms with Crippen molar-refractivity contribution in [3.05, 3.63) is 23.8 Å². The van der Waals surface area contributed by atoms with Crippen LogP contribution < -0.4 is 5.32 Å². The van der Waals surface area contributed by atoms with Gasteiger partial charge in [0.25, 0.3) is 0 Å². The fourth-order valence-electron chi connectivity index (χ4n) is 5.22. The Morgan fingerprint density at radius 1 is 1.23 bits per heavy atom. The summed E-state index contributed by atoms with van der Waals surface area (Å²) in [5.41, 5.74) is 4.36. The lowest BCUT2D eigenvalue weighted by Gasteiger charge is -2.36. The summed E-state index contributed by atoms with van der Waals surface area (Å²) in [4.78, 5) is 26.0. The van der Waals surface area contributed by atoms with Crippen LogP contribution in [0, 0.1) is 25.2 Å². The molecule has 2 heterocycles. The van der Waals surface area contributed by atoms with E-state index in [1.165, 1.54) is 23.8 Å². The van der Waals surface area contributed by atoms with Crippen molar-refractivity contribution in [2.45, 2.75) is 69.7 Å². The van der Waals surface area contributed by atoms with E-state index in [2.05, 4.69) is 36.4 Å². The number of benzene rings is 1. The lowest BCUT2D eigenvalue weighted by atomic mass is 9.82. The summed E-state index contributed by atoms with van der Waals surface area (Å²) in [6.07, 6.45) is 10.2. The number of nitrogens with one attached hydrogen (secondary N) is 1. The van der Waals surface area contributed by atoms with Crippen LogP contribution in [-0.4, -0.2) is 54.8 Å². The normalized spacial score (nSPS) is 30.4. The van der Waals surface area contributed by atoms with Crippen molar-refractivity contribution in [1.29, 1.82) is 0 Å². The van der Waals surface area contributed by atoms with Gasteiger partial charge in [0, 0.05) is 12.0 Å². The predicted octanol–water partition coefficient (Wildman–Crippen LogP) is 3.27. The van der Waals surface area contributed by atoms with E-state index in [0.717, 1.165) is 38.6 Å². The largest absolute Gasteiger partial charge is 0.461 e. The standard InChI is InChI=1S/C17H24N2O4.C7H6/c1-3-11-10-12-14(19(11)17(21)22-2)7-4-8-15(12)23-16(20)13-6-5-9-18-13;1-5-4-6-2-3-7(5)6/h1,11-15,18H,4-10H2,2H3;2-4H,1H3/t11?,12-,13?,14-,15+;/m1./s1. The smallest absolute Gasteiger partial charge is 0.410 e. The molecule has 160 valence electrons. The molecule has 2 unspecified atom stereocenters. The fourth-order valence-corrected chi connectivity index (χ4v) is 5.22. The molecule has 6 nitrogen and oxygen atoms in total. The minimum atomic E-state index is -0.384. The first-order chi connectivity index (χ1) is 14.5. The van der Waals surface area contributed by atoms with Gasteiger partial charge in [0.05, 0.1) is 13.2 Å². The van der Waals surface area contributed by atoms with E-state index >= 15 is 0 Å². The SMILES string of the molecule is C#CC1C[C@H]2[C@@H](OC(=O)C3CCCN3)CCC[C@H]2N1C(=O)OC.Cc1cc2ccc1-2. The minimum Gasteiger partial charge on any atom is -0.461 e. The number of terminal acetylenes is 1. The van der Waals surface area contributed by atoms with Crippen LogP contribution >= 0.6 is 0 Å². The number of hydrogen-bond acceptors (Lipinski definition) is 5. The van der Waals surface area contributed by atoms with Crippen LogP contribution in [0.2, 0.25) is 0 Å². The van der Waals surface area contributed by atoms with E-state index in [0.29, 0.717) is 6.42 Å². The van der Waals surface area contributed by atoms with E-state index in [1.807, 2.05) is 0 Å². The summed E-state index contributed by atoms with van der Waals surface area (Å²) >= 11 is 0. The number of esters is 1. The number of ether oxygens (including phenoxy) is 2. The first-order valence-electron chi connectivity index (χ1n) is 10.9. The maximum atomic E-state index is 12.3. The average Bonchev–Trinajstić information content (AvgIpc) is 3.40. The molecule has 2 aliphatic heterocycles. The van der Waals surface area contributed by atoms with Crippen LogP contribution in [0.5, 0.6) is 0 Å². The molecule has 0 aromatic heterocycles. The summed E-state index contributed by atoms with van der Waals surface area (Å²) in [6.45, 7) is 3.01. The second-order valence-electron chi connectivity index (χ2n) is 8.61. The van der Waals surface area contributed by atoms with E-state index in [9.17, 15) is 9.59 Å². The average molecular weight is 411 g/mol. The molecule has 2 saturated heterocycles. The van der Waals surface area contributed by atoms with E-state index in [-0.39, 0.29) is 42.2 Å². The highest BCUT2D eigenvalue weighted by molar-refractivity contribution is 5.80. The molecule has 0 aromatic rings. The number of carbonyl (C=O) groups is 2. The van der Waals surface area contributed by atoms with Gasteiger partial charge < -0.3 is 14.8 Å². The molecule has 0 radical (unpaired) electrons. The van der Waals surface area contributed by atoms with E-state index in [1.54, 1.807) is 4.90 Å². The van der Waals surface area contributed by atoms with Crippen molar-refractivity contribution < 1.29 is 19.1 Å². The Kier molecular flexibility index (Phi) is 6.01. The Balaban J connectivity index is 0.000000259. The van der Waals surface area contributed by atoms with Crippen LogP contribution in [0.25, 0.3) is 11.1 Å². The summed E-state index contributed by atoms with van der Waals surface area (Å²) < 4.78 is 10.7. The second-order valence-corrected chi connectivity index (χ2v) is 8.61. The van der Waals surface area contributed by atoms with Crippen molar-refractivity contribution >= 4 is 12.1 Å². The van der Waals surface area contributed by atoms with Crippen molar-refractivity contribution in [1.82, 2.24) is 10.2 Å². The predicted molar refractivity (Wildman–Crippen MR) is 114 cm³/mol.